The van der Waals surface area contributed by atoms with Crippen LogP contribution in [0.5, 0.6) is 0 Å². The van der Waals surface area contributed by atoms with Gasteiger partial charge in [0.15, 0.2) is 0 Å². The Kier molecular flexibility index (Phi) is 2.51. The first-order valence-electron chi connectivity index (χ1n) is 2.08. The molecule has 0 rings (SSSR count). The van der Waals surface area contributed by atoms with Gasteiger partial charge in [-0.25, -0.2) is 0 Å². The minimum atomic E-state index is -4.34. The van der Waals surface area contributed by atoms with Crippen molar-refractivity contribution in [3.8, 4) is 0 Å². The molecule has 0 bridgehead atoms. The zero-order valence-electron chi connectivity index (χ0n) is 4.70. The van der Waals surface area contributed by atoms with Gasteiger partial charge in [0.25, 0.3) is 0 Å². The molecule has 0 aliphatic heterocycles. The summed E-state index contributed by atoms with van der Waals surface area (Å²) in [6, 6.07) is 0. The van der Waals surface area contributed by atoms with E-state index in [4.69, 9.17) is 0 Å². The predicted octanol–water partition coefficient (Wildman–Crippen LogP) is 1.34. The van der Waals surface area contributed by atoms with Crippen LogP contribution in [0.25, 0.3) is 0 Å². The highest BCUT2D eigenvalue weighted by Crippen LogP contribution is 2.17. The molecule has 0 spiro atoms. The first-order valence-corrected chi connectivity index (χ1v) is 2.08. The van der Waals surface area contributed by atoms with Gasteiger partial charge in [-0.15, -0.1) is 0 Å². The number of halogens is 3. The smallest absolute Gasteiger partial charge is 0.413 e. The van der Waals surface area contributed by atoms with Gasteiger partial charge in [0.1, 0.15) is 5.76 Å². The van der Waals surface area contributed by atoms with Crippen molar-refractivity contribution in [1.29, 1.82) is 0 Å². The lowest BCUT2D eigenvalue weighted by Gasteiger charge is -2.00. The molecule has 0 saturated carbocycles. The number of allylic oxidation sites excluding steroid dienone is 2. The van der Waals surface area contributed by atoms with Crippen LogP contribution in [0, 0.1) is 0 Å². The zero-order valence-corrected chi connectivity index (χ0v) is 4.70. The van der Waals surface area contributed by atoms with Crippen LogP contribution in [-0.2, 0) is 4.84 Å². The Labute approximate surface area is 50.0 Å². The van der Waals surface area contributed by atoms with E-state index < -0.39 is 6.18 Å². The van der Waals surface area contributed by atoms with Crippen LogP contribution in [0.4, 0.5) is 13.2 Å². The maximum atomic E-state index is 11.3. The number of hydrogen-bond acceptors (Lipinski definition) is 2. The fourth-order valence-corrected chi connectivity index (χ4v) is 0.264. The van der Waals surface area contributed by atoms with E-state index in [9.17, 15) is 13.2 Å². The van der Waals surface area contributed by atoms with Gasteiger partial charge in [-0.05, 0) is 6.92 Å². The second kappa shape index (κ2) is 2.72. The largest absolute Gasteiger partial charge is 0.416 e. The summed E-state index contributed by atoms with van der Waals surface area (Å²) in [5, 5.41) is 0. The fraction of sp³-hybridized carbons (Fsp3) is 0.500. The van der Waals surface area contributed by atoms with E-state index in [0.717, 1.165) is 6.92 Å². The van der Waals surface area contributed by atoms with Crippen LogP contribution in [-0.4, -0.2) is 6.18 Å². The predicted molar refractivity (Wildman–Crippen MR) is 25.1 cm³/mol. The molecule has 0 atom stereocenters. The van der Waals surface area contributed by atoms with E-state index in [0.29, 0.717) is 0 Å². The molecule has 0 aromatic rings. The summed E-state index contributed by atoms with van der Waals surface area (Å²) in [5.74, 6) is 4.05. The monoisotopic (exact) mass is 141 g/mol. The van der Waals surface area contributed by atoms with Crippen molar-refractivity contribution < 1.29 is 18.0 Å². The molecule has 0 aromatic heterocycles. The third kappa shape index (κ3) is 5.16. The summed E-state index contributed by atoms with van der Waals surface area (Å²) in [6.07, 6.45) is -4.36. The minimum Gasteiger partial charge on any atom is -0.416 e. The lowest BCUT2D eigenvalue weighted by molar-refractivity contribution is -0.0829. The van der Waals surface area contributed by atoms with Crippen molar-refractivity contribution >= 4 is 0 Å². The van der Waals surface area contributed by atoms with Crippen molar-refractivity contribution in [2.75, 3.05) is 0 Å². The van der Waals surface area contributed by atoms with Gasteiger partial charge in [0.05, 0.1) is 6.08 Å². The van der Waals surface area contributed by atoms with Gasteiger partial charge < -0.3 is 4.84 Å². The van der Waals surface area contributed by atoms with E-state index >= 15 is 0 Å². The van der Waals surface area contributed by atoms with Crippen molar-refractivity contribution in [2.24, 2.45) is 5.90 Å². The maximum Gasteiger partial charge on any atom is 0.413 e. The van der Waals surface area contributed by atoms with Crippen molar-refractivity contribution in [3.63, 3.8) is 0 Å². The quantitative estimate of drug-likeness (QED) is 0.441. The Balaban J connectivity index is 3.95. The standard InChI is InChI=1S/C4H6F3NO/c1-3(9-8)2-4(5,6)7/h2H,8H2,1H3/b3-2-. The second-order valence-corrected chi connectivity index (χ2v) is 1.41. The molecule has 0 fully saturated rings. The van der Waals surface area contributed by atoms with Crippen LogP contribution in [0.3, 0.4) is 0 Å². The van der Waals surface area contributed by atoms with E-state index in [-0.39, 0.29) is 11.8 Å². The minimum absolute atomic E-state index is 0.0208. The van der Waals surface area contributed by atoms with E-state index in [1.165, 1.54) is 0 Å². The van der Waals surface area contributed by atoms with Gasteiger partial charge in [-0.1, -0.05) is 0 Å². The summed E-state index contributed by atoms with van der Waals surface area (Å²) in [6.45, 7) is 1.12. The van der Waals surface area contributed by atoms with Gasteiger partial charge in [-0.2, -0.15) is 19.1 Å². The average Bonchev–Trinajstić information content (AvgIpc) is 1.62. The highest BCUT2D eigenvalue weighted by molar-refractivity contribution is 4.93. The summed E-state index contributed by atoms with van der Waals surface area (Å²) in [7, 11) is 0. The Morgan fingerprint density at radius 2 is 2.00 bits per heavy atom. The SMILES string of the molecule is C/C(=C/C(F)(F)F)ON. The van der Waals surface area contributed by atoms with Gasteiger partial charge >= 0.3 is 6.18 Å². The highest BCUT2D eigenvalue weighted by atomic mass is 19.4. The van der Waals surface area contributed by atoms with E-state index in [1.54, 1.807) is 0 Å². The van der Waals surface area contributed by atoms with Crippen molar-refractivity contribution in [3.05, 3.63) is 11.8 Å². The second-order valence-electron chi connectivity index (χ2n) is 1.41. The van der Waals surface area contributed by atoms with E-state index in [1.807, 2.05) is 0 Å². The molecular weight excluding hydrogens is 135 g/mol. The number of hydrogen-bond donors (Lipinski definition) is 1. The number of alkyl halides is 3. The Hall–Kier alpha value is -0.710. The average molecular weight is 141 g/mol. The van der Waals surface area contributed by atoms with Crippen LogP contribution in [0.2, 0.25) is 0 Å². The molecule has 0 aliphatic rings. The molecule has 0 aliphatic carbocycles. The number of rotatable bonds is 1. The summed E-state index contributed by atoms with van der Waals surface area (Å²) >= 11 is 0. The molecule has 0 unspecified atom stereocenters. The Bertz CT molecular complexity index is 117. The third-order valence-electron chi connectivity index (χ3n) is 0.553. The highest BCUT2D eigenvalue weighted by Gasteiger charge is 2.23. The van der Waals surface area contributed by atoms with Crippen LogP contribution < -0.4 is 5.90 Å². The van der Waals surface area contributed by atoms with Gasteiger partial charge in [0, 0.05) is 0 Å². The molecule has 0 amide bonds. The van der Waals surface area contributed by atoms with Gasteiger partial charge in [0.2, 0.25) is 0 Å². The Morgan fingerprint density at radius 3 is 2.11 bits per heavy atom. The molecule has 9 heavy (non-hydrogen) atoms. The molecule has 54 valence electrons. The fourth-order valence-electron chi connectivity index (χ4n) is 0.264. The molecule has 0 radical (unpaired) electrons. The first-order chi connectivity index (χ1) is 3.95. The first kappa shape index (κ1) is 8.29. The molecule has 2 nitrogen and oxygen atoms in total. The van der Waals surface area contributed by atoms with Gasteiger partial charge in [-0.3, -0.25) is 0 Å². The van der Waals surface area contributed by atoms with E-state index in [2.05, 4.69) is 10.7 Å². The van der Waals surface area contributed by atoms with Crippen LogP contribution in [0.1, 0.15) is 6.92 Å². The normalized spacial score (nSPS) is 13.7. The summed E-state index contributed by atoms with van der Waals surface area (Å²) < 4.78 is 33.8. The molecule has 0 heterocycles. The zero-order chi connectivity index (χ0) is 7.49. The Morgan fingerprint density at radius 1 is 1.56 bits per heavy atom. The summed E-state index contributed by atoms with van der Waals surface area (Å²) in [4.78, 5) is 3.77. The molecule has 5 heteroatoms. The maximum absolute atomic E-state index is 11.3. The van der Waals surface area contributed by atoms with Crippen molar-refractivity contribution in [2.45, 2.75) is 13.1 Å². The molecule has 0 aromatic carbocycles. The van der Waals surface area contributed by atoms with Crippen LogP contribution >= 0.6 is 0 Å². The lowest BCUT2D eigenvalue weighted by Crippen LogP contribution is -2.05. The van der Waals surface area contributed by atoms with Crippen LogP contribution in [0.15, 0.2) is 11.8 Å². The lowest BCUT2D eigenvalue weighted by atomic mass is 10.5. The van der Waals surface area contributed by atoms with Crippen molar-refractivity contribution in [1.82, 2.24) is 0 Å². The molecule has 2 N–H and O–H groups in total. The molecular formula is C4H6F3NO. The molecule has 0 saturated heterocycles. The third-order valence-corrected chi connectivity index (χ3v) is 0.553. The summed E-state index contributed by atoms with van der Waals surface area (Å²) in [5.41, 5.74) is 0. The number of nitrogens with two attached hydrogens (primary N) is 1. The topological polar surface area (TPSA) is 35.2 Å².